The first-order valence-electron chi connectivity index (χ1n) is 7.00. The Balaban J connectivity index is 2.23. The number of anilines is 1. The lowest BCUT2D eigenvalue weighted by atomic mass is 10.1. The average molecular weight is 267 g/mol. The predicted molar refractivity (Wildman–Crippen MR) is 84.3 cm³/mol. The maximum atomic E-state index is 12.0. The lowest BCUT2D eigenvalue weighted by molar-refractivity contribution is 0.0988. The molecule has 0 saturated carbocycles. The van der Waals surface area contributed by atoms with Gasteiger partial charge in [0.15, 0.2) is 5.78 Å². The minimum absolute atomic E-state index is 0.191. The highest BCUT2D eigenvalue weighted by atomic mass is 16.1. The van der Waals surface area contributed by atoms with Crippen LogP contribution in [0.5, 0.6) is 0 Å². The number of aryl methyl sites for hydroxylation is 1. The number of carbonyl (C=O) groups excluding carboxylic acids is 1. The van der Waals surface area contributed by atoms with Crippen molar-refractivity contribution >= 4 is 11.5 Å². The van der Waals surface area contributed by atoms with Crippen molar-refractivity contribution in [1.82, 2.24) is 0 Å². The molecule has 0 heterocycles. The Bertz CT molecular complexity index is 587. The maximum Gasteiger partial charge on any atom is 0.164 e. The van der Waals surface area contributed by atoms with Crippen molar-refractivity contribution in [3.8, 4) is 0 Å². The molecule has 0 saturated heterocycles. The number of ketones is 1. The Kier molecular flexibility index (Phi) is 4.57. The second kappa shape index (κ2) is 6.38. The van der Waals surface area contributed by atoms with Crippen LogP contribution in [0.1, 0.15) is 34.8 Å². The Hall–Kier alpha value is -2.09. The highest BCUT2D eigenvalue weighted by Gasteiger charge is 2.12. The van der Waals surface area contributed by atoms with Crippen molar-refractivity contribution in [3.05, 3.63) is 65.2 Å². The first-order chi connectivity index (χ1) is 9.61. The summed E-state index contributed by atoms with van der Waals surface area (Å²) in [7, 11) is 2.03. The van der Waals surface area contributed by atoms with Crippen LogP contribution in [0.3, 0.4) is 0 Å². The van der Waals surface area contributed by atoms with Crippen LogP contribution in [-0.2, 0) is 6.54 Å². The molecule has 0 aliphatic carbocycles. The SMILES string of the molecule is CCC(=O)c1ccccc1N(C)Cc1ccc(C)cc1. The summed E-state index contributed by atoms with van der Waals surface area (Å²) >= 11 is 0. The molecule has 104 valence electrons. The van der Waals surface area contributed by atoms with Gasteiger partial charge in [0.1, 0.15) is 0 Å². The molecule has 0 atom stereocenters. The molecule has 0 radical (unpaired) electrons. The molecule has 0 spiro atoms. The van der Waals surface area contributed by atoms with E-state index < -0.39 is 0 Å². The van der Waals surface area contributed by atoms with Crippen molar-refractivity contribution < 1.29 is 4.79 Å². The number of benzene rings is 2. The van der Waals surface area contributed by atoms with E-state index in [2.05, 4.69) is 36.1 Å². The first-order valence-corrected chi connectivity index (χ1v) is 7.00. The smallest absolute Gasteiger partial charge is 0.164 e. The van der Waals surface area contributed by atoms with Gasteiger partial charge in [-0.2, -0.15) is 0 Å². The molecular weight excluding hydrogens is 246 g/mol. The van der Waals surface area contributed by atoms with Crippen LogP contribution >= 0.6 is 0 Å². The molecule has 2 aromatic rings. The van der Waals surface area contributed by atoms with E-state index in [0.717, 1.165) is 17.8 Å². The molecule has 0 fully saturated rings. The van der Waals surface area contributed by atoms with Crippen molar-refractivity contribution in [3.63, 3.8) is 0 Å². The molecule has 20 heavy (non-hydrogen) atoms. The number of Topliss-reactive ketones (excluding diaryl/α,β-unsaturated/α-hetero) is 1. The summed E-state index contributed by atoms with van der Waals surface area (Å²) in [6.45, 7) is 4.79. The third-order valence-electron chi connectivity index (χ3n) is 3.48. The summed E-state index contributed by atoms with van der Waals surface area (Å²) in [6.07, 6.45) is 0.537. The number of hydrogen-bond donors (Lipinski definition) is 0. The summed E-state index contributed by atoms with van der Waals surface area (Å²) in [4.78, 5) is 14.1. The van der Waals surface area contributed by atoms with E-state index in [4.69, 9.17) is 0 Å². The predicted octanol–water partition coefficient (Wildman–Crippen LogP) is 4.22. The largest absolute Gasteiger partial charge is 0.370 e. The highest BCUT2D eigenvalue weighted by molar-refractivity contribution is 6.01. The van der Waals surface area contributed by atoms with Gasteiger partial charge in [-0.25, -0.2) is 0 Å². The van der Waals surface area contributed by atoms with Crippen LogP contribution in [0.15, 0.2) is 48.5 Å². The molecule has 0 bridgehead atoms. The molecule has 2 nitrogen and oxygen atoms in total. The number of hydrogen-bond acceptors (Lipinski definition) is 2. The van der Waals surface area contributed by atoms with Gasteiger partial charge >= 0.3 is 0 Å². The molecule has 0 amide bonds. The Labute approximate surface area is 121 Å². The van der Waals surface area contributed by atoms with Gasteiger partial charge < -0.3 is 4.90 Å². The zero-order valence-electron chi connectivity index (χ0n) is 12.4. The van der Waals surface area contributed by atoms with Gasteiger partial charge in [0.25, 0.3) is 0 Å². The second-order valence-electron chi connectivity index (χ2n) is 5.14. The first kappa shape index (κ1) is 14.3. The van der Waals surface area contributed by atoms with Crippen molar-refractivity contribution in [1.29, 1.82) is 0 Å². The van der Waals surface area contributed by atoms with Crippen LogP contribution < -0.4 is 4.90 Å². The Morgan fingerprint density at radius 2 is 1.70 bits per heavy atom. The fourth-order valence-corrected chi connectivity index (χ4v) is 2.29. The fourth-order valence-electron chi connectivity index (χ4n) is 2.29. The molecule has 0 N–H and O–H groups in total. The van der Waals surface area contributed by atoms with Gasteiger partial charge in [-0.1, -0.05) is 48.9 Å². The zero-order valence-corrected chi connectivity index (χ0v) is 12.4. The molecule has 0 unspecified atom stereocenters. The minimum atomic E-state index is 0.191. The van der Waals surface area contributed by atoms with Crippen LogP contribution in [0, 0.1) is 6.92 Å². The molecule has 2 aromatic carbocycles. The summed E-state index contributed by atoms with van der Waals surface area (Å²) < 4.78 is 0. The molecule has 0 aromatic heterocycles. The monoisotopic (exact) mass is 267 g/mol. The van der Waals surface area contributed by atoms with Crippen LogP contribution in [0.4, 0.5) is 5.69 Å². The van der Waals surface area contributed by atoms with Crippen LogP contribution in [-0.4, -0.2) is 12.8 Å². The lowest BCUT2D eigenvalue weighted by Crippen LogP contribution is -2.19. The van der Waals surface area contributed by atoms with Gasteiger partial charge in [-0.15, -0.1) is 0 Å². The van der Waals surface area contributed by atoms with Gasteiger partial charge in [0.2, 0.25) is 0 Å². The van der Waals surface area contributed by atoms with Gasteiger partial charge in [0, 0.05) is 31.3 Å². The zero-order chi connectivity index (χ0) is 14.5. The lowest BCUT2D eigenvalue weighted by Gasteiger charge is -2.22. The van der Waals surface area contributed by atoms with E-state index in [1.54, 1.807) is 0 Å². The average Bonchev–Trinajstić information content (AvgIpc) is 2.48. The number of nitrogens with zero attached hydrogens (tertiary/aromatic N) is 1. The van der Waals surface area contributed by atoms with Crippen LogP contribution in [0.25, 0.3) is 0 Å². The van der Waals surface area contributed by atoms with Crippen molar-refractivity contribution in [2.24, 2.45) is 0 Å². The van der Waals surface area contributed by atoms with E-state index in [0.29, 0.717) is 6.42 Å². The normalized spacial score (nSPS) is 10.3. The van der Waals surface area contributed by atoms with Gasteiger partial charge in [0.05, 0.1) is 0 Å². The van der Waals surface area contributed by atoms with E-state index >= 15 is 0 Å². The maximum absolute atomic E-state index is 12.0. The van der Waals surface area contributed by atoms with E-state index in [-0.39, 0.29) is 5.78 Å². The van der Waals surface area contributed by atoms with E-state index in [9.17, 15) is 4.79 Å². The van der Waals surface area contributed by atoms with E-state index in [1.165, 1.54) is 11.1 Å². The molecule has 2 heteroatoms. The molecular formula is C18H21NO. The van der Waals surface area contributed by atoms with Crippen LogP contribution in [0.2, 0.25) is 0 Å². The Morgan fingerprint density at radius 3 is 2.35 bits per heavy atom. The van der Waals surface area contributed by atoms with Crippen molar-refractivity contribution in [2.75, 3.05) is 11.9 Å². The summed E-state index contributed by atoms with van der Waals surface area (Å²) in [5, 5.41) is 0. The quantitative estimate of drug-likeness (QED) is 0.756. The summed E-state index contributed by atoms with van der Waals surface area (Å²) in [5.74, 6) is 0.191. The third-order valence-corrected chi connectivity index (χ3v) is 3.48. The third kappa shape index (κ3) is 3.27. The van der Waals surface area contributed by atoms with Gasteiger partial charge in [-0.05, 0) is 24.6 Å². The van der Waals surface area contributed by atoms with Crippen molar-refractivity contribution in [2.45, 2.75) is 26.8 Å². The molecule has 2 rings (SSSR count). The van der Waals surface area contributed by atoms with Gasteiger partial charge in [-0.3, -0.25) is 4.79 Å². The topological polar surface area (TPSA) is 20.3 Å². The van der Waals surface area contributed by atoms with E-state index in [1.807, 2.05) is 38.2 Å². The number of rotatable bonds is 5. The Morgan fingerprint density at radius 1 is 1.05 bits per heavy atom. The minimum Gasteiger partial charge on any atom is -0.370 e. The molecule has 0 aliphatic heterocycles. The highest BCUT2D eigenvalue weighted by Crippen LogP contribution is 2.22. The summed E-state index contributed by atoms with van der Waals surface area (Å²) in [6, 6.07) is 16.3. The molecule has 0 aliphatic rings. The standard InChI is InChI=1S/C18H21NO/c1-4-18(20)16-7-5-6-8-17(16)19(3)13-15-11-9-14(2)10-12-15/h5-12H,4,13H2,1-3H3. The number of carbonyl (C=O) groups is 1. The summed E-state index contributed by atoms with van der Waals surface area (Å²) in [5.41, 5.74) is 4.32. The fraction of sp³-hybridized carbons (Fsp3) is 0.278. The number of para-hydroxylation sites is 1. The second-order valence-corrected chi connectivity index (χ2v) is 5.14.